The fourth-order valence-electron chi connectivity index (χ4n) is 3.05. The number of ether oxygens (including phenoxy) is 1. The SMILES string of the molecule is CCCCC(OC(=O)c1ccc2[nH]c(C)c(C)c2c1)C(=O)Nc1cc(C)on1. The zero-order valence-electron chi connectivity index (χ0n) is 16.6. The van der Waals surface area contributed by atoms with Crippen LogP contribution in [0.1, 0.15) is 53.6 Å². The molecule has 0 aliphatic carbocycles. The van der Waals surface area contributed by atoms with Crippen LogP contribution < -0.4 is 5.32 Å². The molecule has 2 aromatic heterocycles. The van der Waals surface area contributed by atoms with Gasteiger partial charge in [-0.15, -0.1) is 0 Å². The van der Waals surface area contributed by atoms with Crippen molar-refractivity contribution in [1.82, 2.24) is 10.1 Å². The van der Waals surface area contributed by atoms with Gasteiger partial charge < -0.3 is 19.6 Å². The van der Waals surface area contributed by atoms with Gasteiger partial charge in [0, 0.05) is 22.7 Å². The van der Waals surface area contributed by atoms with Crippen LogP contribution in [0, 0.1) is 20.8 Å². The number of H-pyrrole nitrogens is 1. The van der Waals surface area contributed by atoms with Gasteiger partial charge in [-0.2, -0.15) is 0 Å². The highest BCUT2D eigenvalue weighted by atomic mass is 16.5. The Balaban J connectivity index is 1.76. The third-order valence-electron chi connectivity index (χ3n) is 4.78. The van der Waals surface area contributed by atoms with Crippen molar-refractivity contribution >= 4 is 28.6 Å². The number of nitrogens with zero attached hydrogens (tertiary/aromatic N) is 1. The number of rotatable bonds is 7. The summed E-state index contributed by atoms with van der Waals surface area (Å²) in [7, 11) is 0. The summed E-state index contributed by atoms with van der Waals surface area (Å²) in [6, 6.07) is 6.97. The van der Waals surface area contributed by atoms with Gasteiger partial charge in [-0.05, 0) is 57.4 Å². The number of aryl methyl sites for hydroxylation is 3. The maximum Gasteiger partial charge on any atom is 0.338 e. The average molecular weight is 383 g/mol. The molecule has 0 spiro atoms. The predicted molar refractivity (Wildman–Crippen MR) is 106 cm³/mol. The fourth-order valence-corrected chi connectivity index (χ4v) is 3.05. The van der Waals surface area contributed by atoms with E-state index in [-0.39, 0.29) is 0 Å². The van der Waals surface area contributed by atoms with E-state index in [0.717, 1.165) is 35.0 Å². The molecular weight excluding hydrogens is 358 g/mol. The number of aromatic amines is 1. The minimum atomic E-state index is -0.894. The molecule has 1 unspecified atom stereocenters. The molecule has 3 aromatic rings. The summed E-state index contributed by atoms with van der Waals surface area (Å²) in [6.07, 6.45) is 1.20. The van der Waals surface area contributed by atoms with Crippen LogP contribution in [-0.4, -0.2) is 28.1 Å². The molecular formula is C21H25N3O4. The number of carbonyl (C=O) groups is 2. The van der Waals surface area contributed by atoms with Crippen LogP contribution in [0.3, 0.4) is 0 Å². The summed E-state index contributed by atoms with van der Waals surface area (Å²) in [6.45, 7) is 7.74. The highest BCUT2D eigenvalue weighted by Gasteiger charge is 2.24. The molecule has 0 aliphatic rings. The molecule has 2 N–H and O–H groups in total. The number of esters is 1. The first-order valence-electron chi connectivity index (χ1n) is 9.43. The molecule has 7 heteroatoms. The van der Waals surface area contributed by atoms with E-state index in [1.807, 2.05) is 26.8 Å². The second-order valence-electron chi connectivity index (χ2n) is 6.98. The first-order chi connectivity index (χ1) is 13.4. The molecule has 1 amide bonds. The molecule has 0 radical (unpaired) electrons. The van der Waals surface area contributed by atoms with Gasteiger partial charge in [0.15, 0.2) is 11.9 Å². The Labute approximate surface area is 163 Å². The number of amides is 1. The summed E-state index contributed by atoms with van der Waals surface area (Å²) in [5.74, 6) is -0.0413. The van der Waals surface area contributed by atoms with Crippen molar-refractivity contribution < 1.29 is 18.8 Å². The number of hydrogen-bond donors (Lipinski definition) is 2. The Morgan fingerprint density at radius 1 is 1.25 bits per heavy atom. The lowest BCUT2D eigenvalue weighted by atomic mass is 10.1. The van der Waals surface area contributed by atoms with Gasteiger partial charge in [-0.25, -0.2) is 4.79 Å². The van der Waals surface area contributed by atoms with E-state index in [0.29, 0.717) is 23.6 Å². The van der Waals surface area contributed by atoms with Gasteiger partial charge in [-0.3, -0.25) is 4.79 Å². The van der Waals surface area contributed by atoms with Gasteiger partial charge in [0.05, 0.1) is 5.56 Å². The molecule has 148 valence electrons. The monoisotopic (exact) mass is 383 g/mol. The number of carbonyl (C=O) groups excluding carboxylic acids is 2. The van der Waals surface area contributed by atoms with Crippen molar-refractivity contribution in [2.24, 2.45) is 0 Å². The van der Waals surface area contributed by atoms with Gasteiger partial charge in [-0.1, -0.05) is 18.5 Å². The summed E-state index contributed by atoms with van der Waals surface area (Å²) < 4.78 is 10.5. The van der Waals surface area contributed by atoms with Crippen LogP contribution in [-0.2, 0) is 9.53 Å². The number of anilines is 1. The fraction of sp³-hybridized carbons (Fsp3) is 0.381. The highest BCUT2D eigenvalue weighted by molar-refractivity contribution is 5.99. The van der Waals surface area contributed by atoms with E-state index in [4.69, 9.17) is 9.26 Å². The number of fused-ring (bicyclic) bond motifs is 1. The topological polar surface area (TPSA) is 97.2 Å². The van der Waals surface area contributed by atoms with Crippen LogP contribution in [0.4, 0.5) is 5.82 Å². The maximum atomic E-state index is 12.7. The molecule has 0 bridgehead atoms. The van der Waals surface area contributed by atoms with Crippen LogP contribution in [0.15, 0.2) is 28.8 Å². The van der Waals surface area contributed by atoms with Crippen molar-refractivity contribution in [3.63, 3.8) is 0 Å². The molecule has 0 aliphatic heterocycles. The third kappa shape index (κ3) is 4.24. The molecule has 0 saturated heterocycles. The lowest BCUT2D eigenvalue weighted by Crippen LogP contribution is -2.32. The maximum absolute atomic E-state index is 12.7. The van der Waals surface area contributed by atoms with E-state index in [2.05, 4.69) is 15.5 Å². The zero-order chi connectivity index (χ0) is 20.3. The lowest BCUT2D eigenvalue weighted by molar-refractivity contribution is -0.125. The van der Waals surface area contributed by atoms with Gasteiger partial charge >= 0.3 is 5.97 Å². The molecule has 28 heavy (non-hydrogen) atoms. The first-order valence-corrected chi connectivity index (χ1v) is 9.43. The standard InChI is InChI=1S/C21H25N3O4/c1-5-6-7-18(20(25)23-19-10-12(2)28-24-19)27-21(26)15-8-9-17-16(11-15)13(3)14(4)22-17/h8-11,18,22H,5-7H2,1-4H3,(H,23,24,25). The van der Waals surface area contributed by atoms with Crippen molar-refractivity contribution in [1.29, 1.82) is 0 Å². The summed E-state index contributed by atoms with van der Waals surface area (Å²) in [5, 5.41) is 7.37. The molecule has 0 saturated carbocycles. The van der Waals surface area contributed by atoms with Gasteiger partial charge in [0.2, 0.25) is 0 Å². The lowest BCUT2D eigenvalue weighted by Gasteiger charge is -2.16. The van der Waals surface area contributed by atoms with Crippen LogP contribution >= 0.6 is 0 Å². The van der Waals surface area contributed by atoms with E-state index in [1.165, 1.54) is 0 Å². The molecule has 2 heterocycles. The number of benzene rings is 1. The van der Waals surface area contributed by atoms with Gasteiger partial charge in [0.1, 0.15) is 5.76 Å². The molecule has 7 nitrogen and oxygen atoms in total. The van der Waals surface area contributed by atoms with E-state index >= 15 is 0 Å². The first kappa shape index (κ1) is 19.7. The Bertz CT molecular complexity index is 1000. The number of nitrogens with one attached hydrogen (secondary N) is 2. The van der Waals surface area contributed by atoms with Crippen LogP contribution in [0.5, 0.6) is 0 Å². The normalized spacial score (nSPS) is 12.1. The van der Waals surface area contributed by atoms with E-state index in [9.17, 15) is 9.59 Å². The summed E-state index contributed by atoms with van der Waals surface area (Å²) in [4.78, 5) is 28.6. The molecule has 1 aromatic carbocycles. The smallest absolute Gasteiger partial charge is 0.338 e. The van der Waals surface area contributed by atoms with Gasteiger partial charge in [0.25, 0.3) is 5.91 Å². The quantitative estimate of drug-likeness (QED) is 0.588. The van der Waals surface area contributed by atoms with Crippen LogP contribution in [0.2, 0.25) is 0 Å². The second kappa shape index (κ2) is 8.29. The molecule has 3 rings (SSSR count). The van der Waals surface area contributed by atoms with Crippen LogP contribution in [0.25, 0.3) is 10.9 Å². The van der Waals surface area contributed by atoms with E-state index in [1.54, 1.807) is 25.1 Å². The van der Waals surface area contributed by atoms with Crippen molar-refractivity contribution in [2.75, 3.05) is 5.32 Å². The number of aromatic nitrogens is 2. The van der Waals surface area contributed by atoms with Crippen molar-refractivity contribution in [3.05, 3.63) is 46.8 Å². The van der Waals surface area contributed by atoms with Crippen molar-refractivity contribution in [3.8, 4) is 0 Å². The zero-order valence-corrected chi connectivity index (χ0v) is 16.6. The third-order valence-corrected chi connectivity index (χ3v) is 4.78. The minimum Gasteiger partial charge on any atom is -0.449 e. The predicted octanol–water partition coefficient (Wildman–Crippen LogP) is 4.44. The summed E-state index contributed by atoms with van der Waals surface area (Å²) in [5.41, 5.74) is 3.53. The average Bonchev–Trinajstić information content (AvgIpc) is 3.20. The number of unbranched alkanes of at least 4 members (excludes halogenated alkanes) is 1. The highest BCUT2D eigenvalue weighted by Crippen LogP contribution is 2.23. The Morgan fingerprint density at radius 2 is 2.04 bits per heavy atom. The largest absolute Gasteiger partial charge is 0.449 e. The minimum absolute atomic E-state index is 0.305. The Kier molecular flexibility index (Phi) is 5.82. The Morgan fingerprint density at radius 3 is 2.71 bits per heavy atom. The molecule has 0 fully saturated rings. The molecule has 1 atom stereocenters. The summed E-state index contributed by atoms with van der Waals surface area (Å²) >= 11 is 0. The Hall–Kier alpha value is -3.09. The van der Waals surface area contributed by atoms with E-state index < -0.39 is 18.0 Å². The van der Waals surface area contributed by atoms with Crippen molar-refractivity contribution in [2.45, 2.75) is 53.1 Å². The second-order valence-corrected chi connectivity index (χ2v) is 6.98. The number of hydrogen-bond acceptors (Lipinski definition) is 5.